The van der Waals surface area contributed by atoms with E-state index in [2.05, 4.69) is 0 Å². The number of rotatable bonds is 0. The van der Waals surface area contributed by atoms with E-state index >= 15 is 0 Å². The van der Waals surface area contributed by atoms with E-state index in [9.17, 15) is 0 Å². The molecule has 0 aliphatic rings. The SMILES string of the molecule is O.O.O.O.O.O.O.O=S(=O)(O)O.[H-].[H-].[H-].[H-].[Mg+2].[Na+].[Na+]. The molecule has 0 radical (unpaired) electrons. The Kier molecular flexibility index (Phi) is 423. The molecule has 0 heterocycles. The van der Waals surface area contributed by atoms with Crippen LogP contribution in [0.3, 0.4) is 0 Å². The molecule has 0 aromatic rings. The van der Waals surface area contributed by atoms with E-state index in [0.29, 0.717) is 0 Å². The summed E-state index contributed by atoms with van der Waals surface area (Å²) < 4.78 is 31.6. The molecule has 15 heavy (non-hydrogen) atoms. The fourth-order valence-electron chi connectivity index (χ4n) is 0. The van der Waals surface area contributed by atoms with E-state index in [0.717, 1.165) is 0 Å². The van der Waals surface area contributed by atoms with Crippen molar-refractivity contribution in [2.45, 2.75) is 0 Å². The second-order valence-electron chi connectivity index (χ2n) is 0.448. The molecule has 0 rings (SSSR count). The monoisotopic (exact) mass is 298 g/mol. The van der Waals surface area contributed by atoms with E-state index < -0.39 is 10.4 Å². The van der Waals surface area contributed by atoms with Gasteiger partial charge in [0, 0.05) is 0 Å². The largest absolute Gasteiger partial charge is 2.00 e. The molecule has 15 heteroatoms. The summed E-state index contributed by atoms with van der Waals surface area (Å²) in [7, 11) is -4.67. The number of hydrogen-bond donors (Lipinski definition) is 2. The first-order valence-electron chi connectivity index (χ1n) is 0.698. The summed E-state index contributed by atoms with van der Waals surface area (Å²) in [5.74, 6) is 0. The van der Waals surface area contributed by atoms with Gasteiger partial charge >= 0.3 is 92.6 Å². The molecule has 0 bridgehead atoms. The first-order valence-corrected chi connectivity index (χ1v) is 2.10. The zero-order valence-electron chi connectivity index (χ0n) is 12.3. The minimum absolute atomic E-state index is 0. The van der Waals surface area contributed by atoms with Crippen molar-refractivity contribution in [2.75, 3.05) is 0 Å². The Hall–Kier alpha value is 2.36. The maximum atomic E-state index is 8.74. The smallest absolute Gasteiger partial charge is 1.00 e. The topological polar surface area (TPSA) is 295 Å². The van der Waals surface area contributed by atoms with E-state index in [-0.39, 0.29) is 126 Å². The fourth-order valence-corrected chi connectivity index (χ4v) is 0. The first-order chi connectivity index (χ1) is 2.00. The molecule has 0 amide bonds. The van der Waals surface area contributed by atoms with Gasteiger partial charge in [0.2, 0.25) is 0 Å². The van der Waals surface area contributed by atoms with Gasteiger partial charge < -0.3 is 44.0 Å². The van der Waals surface area contributed by atoms with Crippen LogP contribution in [0.4, 0.5) is 0 Å². The fraction of sp³-hybridized carbons (Fsp3) is 0. The molecule has 0 aromatic heterocycles. The molecule has 0 aromatic carbocycles. The Morgan fingerprint density at radius 2 is 0.667 bits per heavy atom. The summed E-state index contributed by atoms with van der Waals surface area (Å²) in [5.41, 5.74) is 0. The zero-order valence-corrected chi connectivity index (χ0v) is 14.6. The molecule has 0 saturated heterocycles. The van der Waals surface area contributed by atoms with E-state index in [1.54, 1.807) is 0 Å². The molecule has 0 unspecified atom stereocenters. The van der Waals surface area contributed by atoms with Gasteiger partial charge in [-0.05, 0) is 0 Å². The van der Waals surface area contributed by atoms with Crippen molar-refractivity contribution in [1.29, 1.82) is 0 Å². The minimum Gasteiger partial charge on any atom is -1.00 e. The second kappa shape index (κ2) is 55.2. The van der Waals surface area contributed by atoms with Gasteiger partial charge in [0.25, 0.3) is 0 Å². The van der Waals surface area contributed by atoms with Gasteiger partial charge in [-0.3, -0.25) is 9.11 Å². The van der Waals surface area contributed by atoms with Crippen molar-refractivity contribution >= 4 is 33.5 Å². The van der Waals surface area contributed by atoms with Crippen LogP contribution in [-0.4, -0.2) is 78.9 Å². The third kappa shape index (κ3) is 607. The van der Waals surface area contributed by atoms with Crippen molar-refractivity contribution in [3.05, 3.63) is 0 Å². The average Bonchev–Trinajstić information content (AvgIpc) is 0.722. The summed E-state index contributed by atoms with van der Waals surface area (Å²) >= 11 is 0. The van der Waals surface area contributed by atoms with Crippen LogP contribution in [0.25, 0.3) is 0 Å². The number of hydrogen-bond acceptors (Lipinski definition) is 2. The summed E-state index contributed by atoms with van der Waals surface area (Å²) in [5, 5.41) is 0. The maximum absolute atomic E-state index is 8.74. The first kappa shape index (κ1) is 115. The zero-order chi connectivity index (χ0) is 4.50. The Labute approximate surface area is 152 Å². The Bertz CT molecular complexity index is 116. The molecule has 96 valence electrons. The Balaban J connectivity index is -0.000000000879. The predicted octanol–water partition coefficient (Wildman–Crippen LogP) is -12.3. The molecule has 0 aliphatic heterocycles. The normalized spacial score (nSPS) is 3.87. The third-order valence-electron chi connectivity index (χ3n) is 0. The van der Waals surface area contributed by atoms with Crippen LogP contribution in [0.1, 0.15) is 5.71 Å². The molecule has 0 fully saturated rings. The van der Waals surface area contributed by atoms with Crippen LogP contribution in [0.15, 0.2) is 0 Å². The molecule has 16 N–H and O–H groups in total. The van der Waals surface area contributed by atoms with Crippen LogP contribution in [-0.2, 0) is 10.4 Å². The molecule has 0 saturated carbocycles. The quantitative estimate of drug-likeness (QED) is 0.324. The summed E-state index contributed by atoms with van der Waals surface area (Å²) in [6.45, 7) is 0. The van der Waals surface area contributed by atoms with Gasteiger partial charge in [-0.2, -0.15) is 8.42 Å². The molecular formula is H20MgNa2O11S. The van der Waals surface area contributed by atoms with Gasteiger partial charge in [0.05, 0.1) is 0 Å². The summed E-state index contributed by atoms with van der Waals surface area (Å²) in [4.78, 5) is 0. The van der Waals surface area contributed by atoms with Crippen molar-refractivity contribution in [2.24, 2.45) is 0 Å². The van der Waals surface area contributed by atoms with Crippen molar-refractivity contribution in [3.8, 4) is 0 Å². The maximum Gasteiger partial charge on any atom is 2.00 e. The summed E-state index contributed by atoms with van der Waals surface area (Å²) in [6, 6.07) is 0. The van der Waals surface area contributed by atoms with Crippen LogP contribution in [0.5, 0.6) is 0 Å². The summed E-state index contributed by atoms with van der Waals surface area (Å²) in [6.07, 6.45) is 0. The van der Waals surface area contributed by atoms with Gasteiger partial charge in [-0.15, -0.1) is 0 Å². The Morgan fingerprint density at radius 3 is 0.667 bits per heavy atom. The van der Waals surface area contributed by atoms with E-state index in [1.807, 2.05) is 0 Å². The van der Waals surface area contributed by atoms with E-state index in [1.165, 1.54) is 0 Å². The molecule has 11 nitrogen and oxygen atoms in total. The second-order valence-corrected chi connectivity index (χ2v) is 1.34. The minimum atomic E-state index is -4.67. The van der Waals surface area contributed by atoms with Crippen molar-refractivity contribution in [1.82, 2.24) is 0 Å². The van der Waals surface area contributed by atoms with Crippen LogP contribution in [0.2, 0.25) is 0 Å². The van der Waals surface area contributed by atoms with Crippen LogP contribution in [0, 0.1) is 0 Å². The van der Waals surface area contributed by atoms with Gasteiger partial charge in [0.1, 0.15) is 0 Å². The van der Waals surface area contributed by atoms with Gasteiger partial charge in [-0.25, -0.2) is 0 Å². The van der Waals surface area contributed by atoms with Gasteiger partial charge in [0.15, 0.2) is 0 Å². The molecule has 0 spiro atoms. The molecular weight excluding hydrogens is 278 g/mol. The van der Waals surface area contributed by atoms with Crippen LogP contribution >= 0.6 is 0 Å². The van der Waals surface area contributed by atoms with Crippen LogP contribution < -0.4 is 59.1 Å². The molecule has 0 aliphatic carbocycles. The molecule has 0 atom stereocenters. The third-order valence-corrected chi connectivity index (χ3v) is 0. The van der Waals surface area contributed by atoms with Crippen molar-refractivity contribution < 1.29 is 121 Å². The average molecular weight is 299 g/mol. The Morgan fingerprint density at radius 1 is 0.667 bits per heavy atom. The van der Waals surface area contributed by atoms with E-state index in [4.69, 9.17) is 17.5 Å². The van der Waals surface area contributed by atoms with Gasteiger partial charge in [-0.1, -0.05) is 0 Å². The predicted molar refractivity (Wildman–Crippen MR) is 49.7 cm³/mol. The standard InChI is InChI=1S/Mg.2Na.H2O4S.7H2O.4H/c;;;1-5(2,3)4;;;;;;;;;;;/h;;;(H2,1,2,3,4);7*1H2;;;;/q+2;2*+1;;;;;;;;;4*-1. The van der Waals surface area contributed by atoms with Crippen molar-refractivity contribution in [3.63, 3.8) is 0 Å².